The van der Waals surface area contributed by atoms with E-state index < -0.39 is 0 Å². The van der Waals surface area contributed by atoms with E-state index in [-0.39, 0.29) is 0 Å². The molecular formula is C16H15NO2S. The third kappa shape index (κ3) is 3.46. The van der Waals surface area contributed by atoms with Gasteiger partial charge in [0.25, 0.3) is 0 Å². The van der Waals surface area contributed by atoms with Gasteiger partial charge in [0.15, 0.2) is 0 Å². The second-order valence-corrected chi connectivity index (χ2v) is 5.15. The van der Waals surface area contributed by atoms with Crippen LogP contribution in [0.15, 0.2) is 47.4 Å². The number of benzene rings is 2. The first-order chi connectivity index (χ1) is 9.76. The van der Waals surface area contributed by atoms with Crippen LogP contribution in [0.3, 0.4) is 0 Å². The smallest absolute Gasteiger partial charge is 0.122 e. The molecule has 0 heterocycles. The first kappa shape index (κ1) is 14.3. The predicted octanol–water partition coefficient (Wildman–Crippen LogP) is 3.87. The molecule has 0 bridgehead atoms. The molecule has 102 valence electrons. The minimum Gasteiger partial charge on any atom is -0.497 e. The normalized spacial score (nSPS) is 9.85. The van der Waals surface area contributed by atoms with Crippen LogP contribution in [0, 0.1) is 11.3 Å². The molecule has 3 nitrogen and oxygen atoms in total. The summed E-state index contributed by atoms with van der Waals surface area (Å²) in [4.78, 5) is 1.12. The van der Waals surface area contributed by atoms with Crippen LogP contribution in [0.4, 0.5) is 0 Å². The molecule has 0 fully saturated rings. The second kappa shape index (κ2) is 6.88. The van der Waals surface area contributed by atoms with Gasteiger partial charge in [-0.1, -0.05) is 6.07 Å². The number of nitrogens with zero attached hydrogens (tertiary/aromatic N) is 1. The van der Waals surface area contributed by atoms with Gasteiger partial charge in [0, 0.05) is 16.2 Å². The highest BCUT2D eigenvalue weighted by Gasteiger charge is 2.06. The lowest BCUT2D eigenvalue weighted by atomic mass is 10.1. The van der Waals surface area contributed by atoms with Crippen LogP contribution in [-0.4, -0.2) is 14.2 Å². The fraction of sp³-hybridized carbons (Fsp3) is 0.188. The number of rotatable bonds is 5. The molecule has 0 saturated heterocycles. The van der Waals surface area contributed by atoms with E-state index in [4.69, 9.17) is 14.7 Å². The van der Waals surface area contributed by atoms with Gasteiger partial charge in [0.2, 0.25) is 0 Å². The molecule has 2 rings (SSSR count). The van der Waals surface area contributed by atoms with Crippen LogP contribution >= 0.6 is 11.8 Å². The first-order valence-corrected chi connectivity index (χ1v) is 7.09. The molecule has 0 aliphatic rings. The summed E-state index contributed by atoms with van der Waals surface area (Å²) >= 11 is 1.68. The van der Waals surface area contributed by atoms with E-state index in [2.05, 4.69) is 6.07 Å². The van der Waals surface area contributed by atoms with Crippen LogP contribution in [-0.2, 0) is 5.75 Å². The average Bonchev–Trinajstić information content (AvgIpc) is 2.52. The van der Waals surface area contributed by atoms with Gasteiger partial charge in [0.1, 0.15) is 11.5 Å². The van der Waals surface area contributed by atoms with Crippen molar-refractivity contribution < 1.29 is 9.47 Å². The Labute approximate surface area is 123 Å². The van der Waals surface area contributed by atoms with Gasteiger partial charge in [-0.15, -0.1) is 11.8 Å². The monoisotopic (exact) mass is 285 g/mol. The van der Waals surface area contributed by atoms with Gasteiger partial charge >= 0.3 is 0 Å². The Morgan fingerprint density at radius 3 is 2.65 bits per heavy atom. The third-order valence-electron chi connectivity index (χ3n) is 2.85. The van der Waals surface area contributed by atoms with Gasteiger partial charge in [-0.2, -0.15) is 5.26 Å². The van der Waals surface area contributed by atoms with E-state index in [9.17, 15) is 0 Å². The van der Waals surface area contributed by atoms with Crippen molar-refractivity contribution in [2.45, 2.75) is 10.6 Å². The molecule has 4 heteroatoms. The van der Waals surface area contributed by atoms with Crippen molar-refractivity contribution >= 4 is 11.8 Å². The summed E-state index contributed by atoms with van der Waals surface area (Å²) in [6.07, 6.45) is 0. The largest absolute Gasteiger partial charge is 0.497 e. The zero-order chi connectivity index (χ0) is 14.4. The highest BCUT2D eigenvalue weighted by molar-refractivity contribution is 7.98. The van der Waals surface area contributed by atoms with Crippen LogP contribution in [0.25, 0.3) is 0 Å². The average molecular weight is 285 g/mol. The Morgan fingerprint density at radius 2 is 1.95 bits per heavy atom. The molecule has 0 unspecified atom stereocenters. The fourth-order valence-electron chi connectivity index (χ4n) is 1.81. The lowest BCUT2D eigenvalue weighted by Gasteiger charge is -2.09. The number of ether oxygens (including phenoxy) is 2. The molecule has 0 aliphatic heterocycles. The third-order valence-corrected chi connectivity index (χ3v) is 3.89. The summed E-state index contributed by atoms with van der Waals surface area (Å²) in [6, 6.07) is 15.5. The van der Waals surface area contributed by atoms with Crippen molar-refractivity contribution in [3.05, 3.63) is 53.6 Å². The molecule has 20 heavy (non-hydrogen) atoms. The highest BCUT2D eigenvalue weighted by atomic mass is 32.2. The number of thioether (sulfide) groups is 1. The minimum absolute atomic E-state index is 0.645. The van der Waals surface area contributed by atoms with Crippen molar-refractivity contribution in [3.8, 4) is 17.6 Å². The molecule has 2 aromatic rings. The summed E-state index contributed by atoms with van der Waals surface area (Å²) < 4.78 is 10.5. The Hall–Kier alpha value is -2.12. The number of hydrogen-bond acceptors (Lipinski definition) is 4. The maximum absolute atomic E-state index is 8.97. The number of methoxy groups -OCH3 is 2. The Morgan fingerprint density at radius 1 is 1.10 bits per heavy atom. The number of nitriles is 1. The van der Waals surface area contributed by atoms with Crippen LogP contribution < -0.4 is 9.47 Å². The van der Waals surface area contributed by atoms with E-state index >= 15 is 0 Å². The Bertz CT molecular complexity index is 635. The molecule has 0 saturated carbocycles. The summed E-state index contributed by atoms with van der Waals surface area (Å²) in [6.45, 7) is 0. The van der Waals surface area contributed by atoms with Crippen molar-refractivity contribution in [2.75, 3.05) is 14.2 Å². The summed E-state index contributed by atoms with van der Waals surface area (Å²) in [7, 11) is 3.30. The summed E-state index contributed by atoms with van der Waals surface area (Å²) in [5.41, 5.74) is 1.66. The van der Waals surface area contributed by atoms with Crippen molar-refractivity contribution in [1.29, 1.82) is 5.26 Å². The quantitative estimate of drug-likeness (QED) is 0.782. The van der Waals surface area contributed by atoms with Crippen LogP contribution in [0.5, 0.6) is 11.5 Å². The van der Waals surface area contributed by atoms with Crippen LogP contribution in [0.1, 0.15) is 11.1 Å². The SMILES string of the molecule is COc1cccc(SCc2cc(C#N)ccc2OC)c1. The van der Waals surface area contributed by atoms with E-state index in [0.29, 0.717) is 5.56 Å². The fourth-order valence-corrected chi connectivity index (χ4v) is 2.74. The Balaban J connectivity index is 2.15. The van der Waals surface area contributed by atoms with Gasteiger partial charge in [-0.05, 0) is 36.4 Å². The van der Waals surface area contributed by atoms with E-state index in [1.54, 1.807) is 32.0 Å². The Kier molecular flexibility index (Phi) is 4.91. The molecule has 0 spiro atoms. The topological polar surface area (TPSA) is 42.2 Å². The van der Waals surface area contributed by atoms with Gasteiger partial charge in [-0.25, -0.2) is 0 Å². The first-order valence-electron chi connectivity index (χ1n) is 6.10. The standard InChI is InChI=1S/C16H15NO2S/c1-18-14-4-3-5-15(9-14)20-11-13-8-12(10-17)6-7-16(13)19-2/h3-9H,11H2,1-2H3. The molecule has 0 aliphatic carbocycles. The number of hydrogen-bond donors (Lipinski definition) is 0. The molecule has 2 aromatic carbocycles. The van der Waals surface area contributed by atoms with Gasteiger partial charge in [-0.3, -0.25) is 0 Å². The van der Waals surface area contributed by atoms with Gasteiger partial charge < -0.3 is 9.47 Å². The molecule has 0 amide bonds. The zero-order valence-corrected chi connectivity index (χ0v) is 12.2. The molecule has 0 aromatic heterocycles. The minimum atomic E-state index is 0.645. The van der Waals surface area contributed by atoms with Crippen molar-refractivity contribution in [3.63, 3.8) is 0 Å². The molecule has 0 N–H and O–H groups in total. The lowest BCUT2D eigenvalue weighted by molar-refractivity contribution is 0.411. The van der Waals surface area contributed by atoms with Crippen LogP contribution in [0.2, 0.25) is 0 Å². The second-order valence-electron chi connectivity index (χ2n) is 4.11. The van der Waals surface area contributed by atoms with Gasteiger partial charge in [0.05, 0.1) is 25.9 Å². The molecular weight excluding hydrogens is 270 g/mol. The van der Waals surface area contributed by atoms with Crippen molar-refractivity contribution in [1.82, 2.24) is 0 Å². The molecule has 0 atom stereocenters. The maximum atomic E-state index is 8.97. The summed E-state index contributed by atoms with van der Waals surface area (Å²) in [5, 5.41) is 8.97. The maximum Gasteiger partial charge on any atom is 0.122 e. The summed E-state index contributed by atoms with van der Waals surface area (Å²) in [5.74, 6) is 2.39. The highest BCUT2D eigenvalue weighted by Crippen LogP contribution is 2.30. The van der Waals surface area contributed by atoms with Crippen molar-refractivity contribution in [2.24, 2.45) is 0 Å². The van der Waals surface area contributed by atoms with E-state index in [1.807, 2.05) is 36.4 Å². The predicted molar refractivity (Wildman–Crippen MR) is 80.3 cm³/mol. The van der Waals surface area contributed by atoms with E-state index in [0.717, 1.165) is 27.7 Å². The van der Waals surface area contributed by atoms with E-state index in [1.165, 1.54) is 0 Å². The lowest BCUT2D eigenvalue weighted by Crippen LogP contribution is -1.91. The molecule has 0 radical (unpaired) electrons. The zero-order valence-electron chi connectivity index (χ0n) is 11.4.